The number of imidazole rings is 1. The summed E-state index contributed by atoms with van der Waals surface area (Å²) in [4.78, 5) is 27.8. The highest BCUT2D eigenvalue weighted by Gasteiger charge is 2.20. The molecule has 2 amide bonds. The topological polar surface area (TPSA) is 111 Å². The molecule has 0 bridgehead atoms. The molecule has 0 spiro atoms. The van der Waals surface area contributed by atoms with Crippen LogP contribution in [0.25, 0.3) is 11.3 Å². The van der Waals surface area contributed by atoms with Gasteiger partial charge in [-0.3, -0.25) is 15.4 Å². The van der Waals surface area contributed by atoms with Crippen LogP contribution >= 0.6 is 0 Å². The monoisotopic (exact) mass is 465 g/mol. The zero-order valence-corrected chi connectivity index (χ0v) is 19.6. The summed E-state index contributed by atoms with van der Waals surface area (Å²) >= 11 is 0. The normalized spacial score (nSPS) is 10.6. The number of carbonyl (C=O) groups excluding carboxylic acids is 1. The van der Waals surface area contributed by atoms with Crippen molar-refractivity contribution in [3.05, 3.63) is 70.7 Å². The van der Waals surface area contributed by atoms with Crippen molar-refractivity contribution in [1.29, 1.82) is 0 Å². The predicted molar refractivity (Wildman–Crippen MR) is 132 cm³/mol. The fraction of sp³-hybridized carbons (Fsp3) is 0.360. The average molecular weight is 466 g/mol. The number of anilines is 1. The van der Waals surface area contributed by atoms with E-state index in [2.05, 4.69) is 27.1 Å². The van der Waals surface area contributed by atoms with Crippen LogP contribution < -0.4 is 15.4 Å². The number of nitro benzene ring substituents is 1. The molecule has 2 N–H and O–H groups in total. The van der Waals surface area contributed by atoms with E-state index in [-0.39, 0.29) is 17.1 Å². The summed E-state index contributed by atoms with van der Waals surface area (Å²) in [5.74, 6) is 0.269. The number of nitrogens with zero attached hydrogens (tertiary/aromatic N) is 3. The Kier molecular flexibility index (Phi) is 9.02. The van der Waals surface area contributed by atoms with Gasteiger partial charge in [-0.15, -0.1) is 0 Å². The van der Waals surface area contributed by atoms with E-state index in [0.29, 0.717) is 26.1 Å². The van der Waals surface area contributed by atoms with Gasteiger partial charge < -0.3 is 14.6 Å². The molecular weight excluding hydrogens is 434 g/mol. The molecule has 0 radical (unpaired) electrons. The van der Waals surface area contributed by atoms with Crippen molar-refractivity contribution >= 4 is 17.4 Å². The summed E-state index contributed by atoms with van der Waals surface area (Å²) in [6.07, 6.45) is 5.36. The Hall–Kier alpha value is -3.88. The maximum atomic E-state index is 12.3. The van der Waals surface area contributed by atoms with Gasteiger partial charge in [0.1, 0.15) is 5.75 Å². The third-order valence-electron chi connectivity index (χ3n) is 5.45. The molecular formula is C25H31N5O4. The van der Waals surface area contributed by atoms with Crippen LogP contribution in [0.1, 0.15) is 38.3 Å². The fourth-order valence-corrected chi connectivity index (χ4v) is 3.62. The lowest BCUT2D eigenvalue weighted by Crippen LogP contribution is -2.30. The van der Waals surface area contributed by atoms with Gasteiger partial charge in [-0.05, 0) is 25.8 Å². The Labute approximate surface area is 199 Å². The maximum Gasteiger partial charge on any atom is 0.319 e. The molecule has 9 nitrogen and oxygen atoms in total. The number of benzene rings is 2. The van der Waals surface area contributed by atoms with E-state index >= 15 is 0 Å². The van der Waals surface area contributed by atoms with Crippen LogP contribution in [0.3, 0.4) is 0 Å². The highest BCUT2D eigenvalue weighted by molar-refractivity contribution is 5.94. The number of para-hydroxylation sites is 1. The lowest BCUT2D eigenvalue weighted by Gasteiger charge is -2.14. The van der Waals surface area contributed by atoms with Crippen LogP contribution in [0.4, 0.5) is 16.2 Å². The number of nitro groups is 1. The standard InChI is InChI=1S/C25H31N5O4/c1-3-4-8-15-26-25(31)28-24-21(30(32)33)13-9-14-22(24)34-17-10-16-29-18-27-23(19(29)2)20-11-6-5-7-12-20/h5-7,9,11-14,18H,3-4,8,10,15-17H2,1-2H3,(H2,26,28,31). The SMILES string of the molecule is CCCCCNC(=O)Nc1c(OCCCn2cnc(-c3ccccc3)c2C)cccc1[N+](=O)[O-]. The number of aryl methyl sites for hydroxylation is 1. The summed E-state index contributed by atoms with van der Waals surface area (Å²) in [6.45, 7) is 5.62. The van der Waals surface area contributed by atoms with E-state index in [0.717, 1.165) is 36.2 Å². The minimum atomic E-state index is -0.528. The van der Waals surface area contributed by atoms with Crippen molar-refractivity contribution in [1.82, 2.24) is 14.9 Å². The Balaban J connectivity index is 1.60. The number of carbonyl (C=O) groups is 1. The van der Waals surface area contributed by atoms with Crippen LogP contribution in [0.15, 0.2) is 54.9 Å². The molecule has 0 fully saturated rings. The van der Waals surface area contributed by atoms with Crippen molar-refractivity contribution in [3.8, 4) is 17.0 Å². The number of ether oxygens (including phenoxy) is 1. The van der Waals surface area contributed by atoms with Gasteiger partial charge in [0.15, 0.2) is 5.69 Å². The highest BCUT2D eigenvalue weighted by Crippen LogP contribution is 2.34. The minimum Gasteiger partial charge on any atom is -0.491 e. The predicted octanol–water partition coefficient (Wildman–Crippen LogP) is 5.55. The minimum absolute atomic E-state index is 0.0608. The Morgan fingerprint density at radius 3 is 2.65 bits per heavy atom. The quantitative estimate of drug-likeness (QED) is 0.207. The van der Waals surface area contributed by atoms with Gasteiger partial charge in [-0.2, -0.15) is 0 Å². The molecule has 0 atom stereocenters. The molecule has 0 unspecified atom stereocenters. The third kappa shape index (κ3) is 6.57. The van der Waals surface area contributed by atoms with Crippen LogP contribution in [-0.4, -0.2) is 33.7 Å². The summed E-state index contributed by atoms with van der Waals surface area (Å²) in [5.41, 5.74) is 2.92. The third-order valence-corrected chi connectivity index (χ3v) is 5.45. The molecule has 34 heavy (non-hydrogen) atoms. The van der Waals surface area contributed by atoms with Crippen molar-refractivity contribution in [3.63, 3.8) is 0 Å². The van der Waals surface area contributed by atoms with Gasteiger partial charge in [-0.25, -0.2) is 9.78 Å². The number of hydrogen-bond donors (Lipinski definition) is 2. The molecule has 1 heterocycles. The fourth-order valence-electron chi connectivity index (χ4n) is 3.62. The maximum absolute atomic E-state index is 12.3. The molecule has 0 saturated carbocycles. The summed E-state index contributed by atoms with van der Waals surface area (Å²) in [5, 5.41) is 16.8. The molecule has 3 rings (SSSR count). The number of rotatable bonds is 12. The Morgan fingerprint density at radius 2 is 1.91 bits per heavy atom. The average Bonchev–Trinajstić information content (AvgIpc) is 3.21. The van der Waals surface area contributed by atoms with Gasteiger partial charge in [0.05, 0.1) is 23.6 Å². The lowest BCUT2D eigenvalue weighted by atomic mass is 10.1. The number of nitrogens with one attached hydrogen (secondary N) is 2. The molecule has 0 saturated heterocycles. The Bertz CT molecular complexity index is 1100. The van der Waals surface area contributed by atoms with Crippen molar-refractivity contribution < 1.29 is 14.5 Å². The summed E-state index contributed by atoms with van der Waals surface area (Å²) in [7, 11) is 0. The van der Waals surface area contributed by atoms with Gasteiger partial charge in [0.2, 0.25) is 0 Å². The number of aromatic nitrogens is 2. The van der Waals surface area contributed by atoms with Crippen molar-refractivity contribution in [2.24, 2.45) is 0 Å². The van der Waals surface area contributed by atoms with Gasteiger partial charge >= 0.3 is 6.03 Å². The van der Waals surface area contributed by atoms with Crippen molar-refractivity contribution in [2.45, 2.75) is 46.1 Å². The first kappa shape index (κ1) is 24.8. The van der Waals surface area contributed by atoms with E-state index in [1.54, 1.807) is 18.5 Å². The summed E-state index contributed by atoms with van der Waals surface area (Å²) in [6, 6.07) is 14.0. The summed E-state index contributed by atoms with van der Waals surface area (Å²) < 4.78 is 7.90. The van der Waals surface area contributed by atoms with E-state index in [4.69, 9.17) is 4.74 Å². The molecule has 2 aromatic carbocycles. The highest BCUT2D eigenvalue weighted by atomic mass is 16.6. The largest absolute Gasteiger partial charge is 0.491 e. The number of unbranched alkanes of at least 4 members (excludes halogenated alkanes) is 2. The number of urea groups is 1. The van der Waals surface area contributed by atoms with Gasteiger partial charge in [-0.1, -0.05) is 56.2 Å². The molecule has 180 valence electrons. The molecule has 0 aliphatic heterocycles. The van der Waals surface area contributed by atoms with E-state index in [1.807, 2.05) is 37.3 Å². The molecule has 0 aliphatic rings. The van der Waals surface area contributed by atoms with Gasteiger partial charge in [0, 0.05) is 30.4 Å². The molecule has 3 aromatic rings. The second-order valence-corrected chi connectivity index (χ2v) is 7.94. The first-order valence-electron chi connectivity index (χ1n) is 11.5. The first-order chi connectivity index (χ1) is 16.5. The van der Waals surface area contributed by atoms with Crippen molar-refractivity contribution in [2.75, 3.05) is 18.5 Å². The molecule has 0 aliphatic carbocycles. The zero-order valence-electron chi connectivity index (χ0n) is 19.6. The van der Waals surface area contributed by atoms with Crippen LogP contribution in [-0.2, 0) is 6.54 Å². The van der Waals surface area contributed by atoms with Crippen LogP contribution in [0, 0.1) is 17.0 Å². The van der Waals surface area contributed by atoms with E-state index < -0.39 is 11.0 Å². The first-order valence-corrected chi connectivity index (χ1v) is 11.5. The molecule has 9 heteroatoms. The second-order valence-electron chi connectivity index (χ2n) is 7.94. The molecule has 1 aromatic heterocycles. The number of hydrogen-bond acceptors (Lipinski definition) is 5. The van der Waals surface area contributed by atoms with E-state index in [1.165, 1.54) is 6.07 Å². The number of amides is 2. The lowest BCUT2D eigenvalue weighted by molar-refractivity contribution is -0.384. The second kappa shape index (κ2) is 12.4. The zero-order chi connectivity index (χ0) is 24.3. The van der Waals surface area contributed by atoms with Gasteiger partial charge in [0.25, 0.3) is 5.69 Å². The Morgan fingerprint density at radius 1 is 1.12 bits per heavy atom. The van der Waals surface area contributed by atoms with E-state index in [9.17, 15) is 14.9 Å². The van der Waals surface area contributed by atoms with Crippen LogP contribution in [0.2, 0.25) is 0 Å². The smallest absolute Gasteiger partial charge is 0.319 e. The van der Waals surface area contributed by atoms with Crippen LogP contribution in [0.5, 0.6) is 5.75 Å².